The molecule has 10 nitrogen and oxygen atoms in total. The van der Waals surface area contributed by atoms with Crippen LogP contribution in [0.15, 0.2) is 60.7 Å². The zero-order valence-corrected chi connectivity index (χ0v) is 21.6. The van der Waals surface area contributed by atoms with Crippen molar-refractivity contribution in [2.24, 2.45) is 0 Å². The van der Waals surface area contributed by atoms with Crippen LogP contribution in [-0.2, 0) is 37.4 Å². The van der Waals surface area contributed by atoms with Crippen LogP contribution in [0.5, 0.6) is 0 Å². The minimum atomic E-state index is -4.29. The summed E-state index contributed by atoms with van der Waals surface area (Å²) >= 11 is 0. The van der Waals surface area contributed by atoms with Crippen molar-refractivity contribution in [3.05, 3.63) is 71.8 Å². The average Bonchev–Trinajstić information content (AvgIpc) is 2.87. The first-order valence-electron chi connectivity index (χ1n) is 11.4. The zero-order chi connectivity index (χ0) is 26.6. The predicted octanol–water partition coefficient (Wildman–Crippen LogP) is 3.44. The highest BCUT2D eigenvalue weighted by Crippen LogP contribution is 2.36. The molecule has 1 aromatic heterocycles. The van der Waals surface area contributed by atoms with Gasteiger partial charge in [0, 0.05) is 28.7 Å². The number of para-hydroxylation sites is 2. The second-order valence-electron chi connectivity index (χ2n) is 8.36. The van der Waals surface area contributed by atoms with E-state index in [1.54, 1.807) is 12.1 Å². The number of hydrogen-bond acceptors (Lipinski definition) is 9. The fraction of sp³-hybridized carbons (Fsp3) is 0.240. The number of fused-ring (bicyclic) bond motifs is 2. The molecule has 3 aromatic carbocycles. The molecule has 4 rings (SSSR count). The van der Waals surface area contributed by atoms with E-state index < -0.39 is 26.0 Å². The van der Waals surface area contributed by atoms with Gasteiger partial charge in [-0.05, 0) is 41.8 Å². The lowest BCUT2D eigenvalue weighted by Gasteiger charge is -2.21. The predicted molar refractivity (Wildman–Crippen MR) is 144 cm³/mol. The van der Waals surface area contributed by atoms with Crippen LogP contribution in [0.25, 0.3) is 21.8 Å². The van der Waals surface area contributed by atoms with Gasteiger partial charge in [0.1, 0.15) is 0 Å². The number of benzene rings is 3. The molecule has 1 heterocycles. The number of aromatic nitrogens is 1. The summed E-state index contributed by atoms with van der Waals surface area (Å²) in [5.41, 5.74) is 4.17. The molecule has 196 valence electrons. The minimum Gasteiger partial charge on any atom is -0.392 e. The zero-order valence-electron chi connectivity index (χ0n) is 20.0. The van der Waals surface area contributed by atoms with Crippen LogP contribution < -0.4 is 10.6 Å². The monoisotopic (exact) mass is 545 g/mol. The van der Waals surface area contributed by atoms with E-state index in [0.29, 0.717) is 22.5 Å². The van der Waals surface area contributed by atoms with Gasteiger partial charge in [-0.25, -0.2) is 4.98 Å². The molecule has 0 saturated carbocycles. The van der Waals surface area contributed by atoms with E-state index in [9.17, 15) is 26.5 Å². The summed E-state index contributed by atoms with van der Waals surface area (Å²) < 4.78 is 60.7. The molecule has 0 aliphatic heterocycles. The molecule has 0 saturated heterocycles. The van der Waals surface area contributed by atoms with Crippen molar-refractivity contribution in [1.29, 1.82) is 0 Å². The third-order valence-electron chi connectivity index (χ3n) is 5.87. The third kappa shape index (κ3) is 6.53. The van der Waals surface area contributed by atoms with Gasteiger partial charge in [0.25, 0.3) is 20.2 Å². The minimum absolute atomic E-state index is 0.0233. The van der Waals surface area contributed by atoms with Gasteiger partial charge >= 0.3 is 0 Å². The largest absolute Gasteiger partial charge is 0.392 e. The molecule has 0 aliphatic carbocycles. The molecule has 0 amide bonds. The number of rotatable bonds is 11. The Balaban J connectivity index is 1.85. The SMILES string of the molecule is COS(=O)(=O)CCNc1cc(CO)cc(Nc2c3ccccc3nc3ccccc23)c1CCS(=O)(=O)O. The summed E-state index contributed by atoms with van der Waals surface area (Å²) in [5.74, 6) is -0.879. The Morgan fingerprint density at radius 2 is 1.49 bits per heavy atom. The summed E-state index contributed by atoms with van der Waals surface area (Å²) in [7, 11) is -6.95. The van der Waals surface area contributed by atoms with Crippen LogP contribution in [0.1, 0.15) is 11.1 Å². The molecule has 4 aromatic rings. The van der Waals surface area contributed by atoms with Gasteiger partial charge in [-0.15, -0.1) is 0 Å². The summed E-state index contributed by atoms with van der Waals surface area (Å²) in [6.45, 7) is -0.333. The molecule has 0 bridgehead atoms. The standard InChI is InChI=1S/C25H27N3O7S2/c1-35-37(33,34)13-11-26-23-14-17(16-29)15-24(18(23)10-12-36(30,31)32)28-25-19-6-2-4-8-21(19)27-22-9-5-3-7-20(22)25/h2-9,14-15,26,29H,10-13,16H2,1H3,(H,27,28)(H,30,31,32). The number of anilines is 3. The Morgan fingerprint density at radius 3 is 2.05 bits per heavy atom. The van der Waals surface area contributed by atoms with Crippen molar-refractivity contribution in [2.75, 3.05) is 35.8 Å². The van der Waals surface area contributed by atoms with Gasteiger partial charge in [0.05, 0.1) is 41.9 Å². The van der Waals surface area contributed by atoms with E-state index in [4.69, 9.17) is 4.98 Å². The molecular weight excluding hydrogens is 518 g/mol. The molecule has 4 N–H and O–H groups in total. The maximum atomic E-state index is 11.8. The highest BCUT2D eigenvalue weighted by molar-refractivity contribution is 7.86. The van der Waals surface area contributed by atoms with Gasteiger partial charge < -0.3 is 15.7 Å². The Labute approximate surface area is 215 Å². The molecular formula is C25H27N3O7S2. The van der Waals surface area contributed by atoms with E-state index in [0.717, 1.165) is 34.6 Å². The first-order valence-corrected chi connectivity index (χ1v) is 14.6. The van der Waals surface area contributed by atoms with Crippen LogP contribution in [0.2, 0.25) is 0 Å². The van der Waals surface area contributed by atoms with E-state index in [1.807, 2.05) is 48.5 Å². The maximum absolute atomic E-state index is 11.8. The molecule has 0 radical (unpaired) electrons. The molecule has 0 spiro atoms. The van der Waals surface area contributed by atoms with Crippen LogP contribution in [0.4, 0.5) is 17.1 Å². The molecule has 0 aliphatic rings. The van der Waals surface area contributed by atoms with E-state index >= 15 is 0 Å². The van der Waals surface area contributed by atoms with Crippen molar-refractivity contribution in [2.45, 2.75) is 13.0 Å². The fourth-order valence-corrected chi connectivity index (χ4v) is 5.08. The molecule has 0 unspecified atom stereocenters. The van der Waals surface area contributed by atoms with Gasteiger partial charge in [0.2, 0.25) is 0 Å². The van der Waals surface area contributed by atoms with Crippen molar-refractivity contribution in [1.82, 2.24) is 4.98 Å². The first-order chi connectivity index (χ1) is 17.6. The Bertz CT molecular complexity index is 1600. The Hall–Kier alpha value is -3.29. The maximum Gasteiger partial charge on any atom is 0.268 e. The van der Waals surface area contributed by atoms with Crippen LogP contribution in [0.3, 0.4) is 0 Å². The highest BCUT2D eigenvalue weighted by Gasteiger charge is 2.18. The van der Waals surface area contributed by atoms with E-state index in [-0.39, 0.29) is 25.3 Å². The van der Waals surface area contributed by atoms with E-state index in [1.165, 1.54) is 0 Å². The normalized spacial score (nSPS) is 12.2. The number of nitrogens with one attached hydrogen (secondary N) is 2. The van der Waals surface area contributed by atoms with Crippen molar-refractivity contribution >= 4 is 59.1 Å². The van der Waals surface area contributed by atoms with Gasteiger partial charge in [-0.1, -0.05) is 36.4 Å². The number of aliphatic hydroxyl groups is 1. The molecule has 12 heteroatoms. The lowest BCUT2D eigenvalue weighted by Crippen LogP contribution is -2.18. The Morgan fingerprint density at radius 1 is 0.892 bits per heavy atom. The van der Waals surface area contributed by atoms with Crippen molar-refractivity contribution < 1.29 is 30.7 Å². The molecule has 0 fully saturated rings. The molecule has 37 heavy (non-hydrogen) atoms. The van der Waals surface area contributed by atoms with Crippen molar-refractivity contribution in [3.63, 3.8) is 0 Å². The quantitative estimate of drug-likeness (QED) is 0.125. The first kappa shape index (κ1) is 26.8. The number of pyridine rings is 1. The third-order valence-corrected chi connectivity index (χ3v) is 7.80. The number of aliphatic hydroxyl groups excluding tert-OH is 1. The second-order valence-corrected chi connectivity index (χ2v) is 11.8. The van der Waals surface area contributed by atoms with E-state index in [2.05, 4.69) is 14.8 Å². The summed E-state index contributed by atoms with van der Waals surface area (Å²) in [5, 5.41) is 18.0. The fourth-order valence-electron chi connectivity index (χ4n) is 4.10. The highest BCUT2D eigenvalue weighted by atomic mass is 32.2. The Kier molecular flexibility index (Phi) is 7.95. The van der Waals surface area contributed by atoms with Crippen LogP contribution in [0, 0.1) is 0 Å². The van der Waals surface area contributed by atoms with Gasteiger partial charge in [0.15, 0.2) is 0 Å². The van der Waals surface area contributed by atoms with Crippen LogP contribution >= 0.6 is 0 Å². The second kappa shape index (κ2) is 11.0. The van der Waals surface area contributed by atoms with Gasteiger partial charge in [-0.2, -0.15) is 16.8 Å². The lowest BCUT2D eigenvalue weighted by molar-refractivity contribution is 0.282. The number of hydrogen-bond donors (Lipinski definition) is 4. The summed E-state index contributed by atoms with van der Waals surface area (Å²) in [6.07, 6.45) is -0.0762. The smallest absolute Gasteiger partial charge is 0.268 e. The average molecular weight is 546 g/mol. The summed E-state index contributed by atoms with van der Waals surface area (Å²) in [4.78, 5) is 4.72. The summed E-state index contributed by atoms with van der Waals surface area (Å²) in [6, 6.07) is 18.5. The lowest BCUT2D eigenvalue weighted by atomic mass is 10.0. The van der Waals surface area contributed by atoms with Gasteiger partial charge in [-0.3, -0.25) is 8.74 Å². The van der Waals surface area contributed by atoms with Crippen LogP contribution in [-0.4, -0.2) is 56.6 Å². The molecule has 0 atom stereocenters. The topological polar surface area (TPSA) is 155 Å². The number of nitrogens with zero attached hydrogens (tertiary/aromatic N) is 1. The van der Waals surface area contributed by atoms with Crippen molar-refractivity contribution in [3.8, 4) is 0 Å².